The van der Waals surface area contributed by atoms with Crippen LogP contribution in [0, 0.1) is 10.1 Å². The minimum Gasteiger partial charge on any atom is -0.262 e. The van der Waals surface area contributed by atoms with Crippen LogP contribution in [0.5, 0.6) is 0 Å². The lowest BCUT2D eigenvalue weighted by molar-refractivity contribution is -0.415. The molecule has 0 aliphatic carbocycles. The molecule has 0 radical (unpaired) electrons. The normalized spacial score (nSPS) is 20.4. The quantitative estimate of drug-likeness (QED) is 0.442. The predicted octanol–water partition coefficient (Wildman–Crippen LogP) is -0.587. The van der Waals surface area contributed by atoms with Crippen LogP contribution in [0.1, 0.15) is 6.92 Å². The molecular formula is C4H5N3O4S. The van der Waals surface area contributed by atoms with Gasteiger partial charge >= 0.3 is 15.9 Å². The molecular weight excluding hydrogens is 186 g/mol. The van der Waals surface area contributed by atoms with Crippen molar-refractivity contribution in [2.45, 2.75) is 6.92 Å². The molecule has 8 heteroatoms. The van der Waals surface area contributed by atoms with Gasteiger partial charge in [0.2, 0.25) is 0 Å². The molecule has 0 saturated heterocycles. The number of hydrogen-bond donors (Lipinski definition) is 1. The Balaban J connectivity index is 3.12. The van der Waals surface area contributed by atoms with Crippen LogP contribution in [0.4, 0.5) is 0 Å². The van der Waals surface area contributed by atoms with Crippen molar-refractivity contribution >= 4 is 16.4 Å². The first-order valence-electron chi connectivity index (χ1n) is 2.86. The summed E-state index contributed by atoms with van der Waals surface area (Å²) in [6, 6.07) is 0. The summed E-state index contributed by atoms with van der Waals surface area (Å²) in [6.07, 6.45) is 0.709. The average molecular weight is 191 g/mol. The summed E-state index contributed by atoms with van der Waals surface area (Å²) >= 11 is 0. The van der Waals surface area contributed by atoms with Crippen molar-refractivity contribution in [2.24, 2.45) is 4.40 Å². The molecule has 0 fully saturated rings. The van der Waals surface area contributed by atoms with Crippen molar-refractivity contribution < 1.29 is 13.3 Å². The molecule has 12 heavy (non-hydrogen) atoms. The molecule has 1 aliphatic rings. The van der Waals surface area contributed by atoms with Gasteiger partial charge in [-0.05, 0) is 6.92 Å². The van der Waals surface area contributed by atoms with Crippen molar-refractivity contribution in [3.63, 3.8) is 0 Å². The predicted molar refractivity (Wildman–Crippen MR) is 40.2 cm³/mol. The highest BCUT2D eigenvalue weighted by molar-refractivity contribution is 7.88. The maximum atomic E-state index is 10.7. The Kier molecular flexibility index (Phi) is 1.84. The van der Waals surface area contributed by atoms with Crippen LogP contribution in [-0.4, -0.2) is 19.6 Å². The first-order valence-corrected chi connectivity index (χ1v) is 4.30. The summed E-state index contributed by atoms with van der Waals surface area (Å²) in [4.78, 5) is 9.49. The standard InChI is InChI=1S/C4H5N3O4S/c1-3-4(7(8)9)2-5-12(10,11)6-3/h2,6H,1H3. The molecule has 1 rings (SSSR count). The monoisotopic (exact) mass is 191 g/mol. The second kappa shape index (κ2) is 2.55. The number of hydrogen-bond acceptors (Lipinski definition) is 4. The third-order valence-electron chi connectivity index (χ3n) is 1.18. The Hall–Kier alpha value is -1.44. The van der Waals surface area contributed by atoms with Gasteiger partial charge < -0.3 is 0 Å². The van der Waals surface area contributed by atoms with Gasteiger partial charge in [-0.25, -0.2) is 0 Å². The molecule has 0 saturated carbocycles. The van der Waals surface area contributed by atoms with E-state index in [2.05, 4.69) is 4.40 Å². The van der Waals surface area contributed by atoms with Gasteiger partial charge in [-0.1, -0.05) is 0 Å². The number of nitrogens with zero attached hydrogens (tertiary/aromatic N) is 2. The van der Waals surface area contributed by atoms with Gasteiger partial charge in [0, 0.05) is 0 Å². The fourth-order valence-corrected chi connectivity index (χ4v) is 1.46. The van der Waals surface area contributed by atoms with E-state index in [9.17, 15) is 18.5 Å². The molecule has 0 unspecified atom stereocenters. The lowest BCUT2D eigenvalue weighted by atomic mass is 10.4. The van der Waals surface area contributed by atoms with Gasteiger partial charge in [0.25, 0.3) is 0 Å². The second-order valence-electron chi connectivity index (χ2n) is 2.08. The third kappa shape index (κ3) is 1.59. The van der Waals surface area contributed by atoms with E-state index >= 15 is 0 Å². The smallest absolute Gasteiger partial charge is 0.262 e. The minimum atomic E-state index is -3.74. The third-order valence-corrected chi connectivity index (χ3v) is 2.12. The van der Waals surface area contributed by atoms with Crippen LogP contribution >= 0.6 is 0 Å². The number of rotatable bonds is 1. The van der Waals surface area contributed by atoms with E-state index in [0.717, 1.165) is 0 Å². The second-order valence-corrected chi connectivity index (χ2v) is 3.44. The molecule has 66 valence electrons. The molecule has 0 bridgehead atoms. The largest absolute Gasteiger partial charge is 0.342 e. The lowest BCUT2D eigenvalue weighted by Gasteiger charge is -2.06. The summed E-state index contributed by atoms with van der Waals surface area (Å²) in [6.45, 7) is 1.29. The van der Waals surface area contributed by atoms with Crippen LogP contribution in [0.3, 0.4) is 0 Å². The van der Waals surface area contributed by atoms with E-state index < -0.39 is 15.1 Å². The molecule has 0 spiro atoms. The van der Waals surface area contributed by atoms with Gasteiger partial charge in [0.05, 0.1) is 4.92 Å². The zero-order valence-corrected chi connectivity index (χ0v) is 6.83. The van der Waals surface area contributed by atoms with E-state index in [4.69, 9.17) is 0 Å². The SMILES string of the molecule is CC1=C([N+](=O)[O-])C=NS(=O)(=O)N1. The van der Waals surface area contributed by atoms with Crippen LogP contribution < -0.4 is 4.72 Å². The molecule has 7 nitrogen and oxygen atoms in total. The fourth-order valence-electron chi connectivity index (χ4n) is 0.672. The van der Waals surface area contributed by atoms with Gasteiger partial charge in [0.15, 0.2) is 0 Å². The molecule has 1 aliphatic heterocycles. The molecule has 0 aromatic rings. The molecule has 0 atom stereocenters. The Labute approximate surface area is 68.1 Å². The van der Waals surface area contributed by atoms with Crippen LogP contribution in [0.15, 0.2) is 15.8 Å². The van der Waals surface area contributed by atoms with Crippen molar-refractivity contribution in [1.82, 2.24) is 4.72 Å². The van der Waals surface area contributed by atoms with Crippen molar-refractivity contribution in [1.29, 1.82) is 0 Å². The molecule has 0 amide bonds. The summed E-state index contributed by atoms with van der Waals surface area (Å²) in [5.74, 6) is 0. The summed E-state index contributed by atoms with van der Waals surface area (Å²) in [7, 11) is -3.74. The summed E-state index contributed by atoms with van der Waals surface area (Å²) < 4.78 is 26.2. The fraction of sp³-hybridized carbons (Fsp3) is 0.250. The van der Waals surface area contributed by atoms with Crippen molar-refractivity contribution in [2.75, 3.05) is 0 Å². The van der Waals surface area contributed by atoms with Crippen LogP contribution in [0.2, 0.25) is 0 Å². The first-order chi connectivity index (χ1) is 5.42. The maximum Gasteiger partial charge on any atom is 0.342 e. The minimum absolute atomic E-state index is 0.0324. The number of allylic oxidation sites excluding steroid dienone is 2. The van der Waals surface area contributed by atoms with Crippen LogP contribution in [0.25, 0.3) is 0 Å². The summed E-state index contributed by atoms with van der Waals surface area (Å²) in [5.41, 5.74) is -0.375. The highest BCUT2D eigenvalue weighted by Crippen LogP contribution is 2.07. The Bertz CT molecular complexity index is 379. The van der Waals surface area contributed by atoms with E-state index in [1.54, 1.807) is 0 Å². The molecule has 1 heterocycles. The highest BCUT2D eigenvalue weighted by atomic mass is 32.2. The Morgan fingerprint density at radius 3 is 2.67 bits per heavy atom. The molecule has 1 N–H and O–H groups in total. The van der Waals surface area contributed by atoms with Gasteiger partial charge in [-0.15, -0.1) is 4.40 Å². The molecule has 0 aromatic heterocycles. The average Bonchev–Trinajstić information content (AvgIpc) is 1.83. The lowest BCUT2D eigenvalue weighted by Crippen LogP contribution is -2.26. The van der Waals surface area contributed by atoms with Gasteiger partial charge in [0.1, 0.15) is 11.9 Å². The van der Waals surface area contributed by atoms with E-state index in [0.29, 0.717) is 6.21 Å². The zero-order valence-electron chi connectivity index (χ0n) is 6.01. The van der Waals surface area contributed by atoms with E-state index in [1.165, 1.54) is 6.92 Å². The summed E-state index contributed by atoms with van der Waals surface area (Å²) in [5, 5.41) is 10.2. The van der Waals surface area contributed by atoms with Crippen LogP contribution in [-0.2, 0) is 10.2 Å². The van der Waals surface area contributed by atoms with E-state index in [1.807, 2.05) is 4.72 Å². The van der Waals surface area contributed by atoms with Gasteiger partial charge in [-0.2, -0.15) is 8.42 Å². The number of nitro groups is 1. The first kappa shape index (κ1) is 8.65. The number of nitrogens with one attached hydrogen (secondary N) is 1. The Morgan fingerprint density at radius 1 is 1.67 bits per heavy atom. The zero-order chi connectivity index (χ0) is 9.35. The van der Waals surface area contributed by atoms with Gasteiger partial charge in [-0.3, -0.25) is 14.8 Å². The highest BCUT2D eigenvalue weighted by Gasteiger charge is 2.22. The van der Waals surface area contributed by atoms with Crippen molar-refractivity contribution in [3.05, 3.63) is 21.5 Å². The van der Waals surface area contributed by atoms with Crippen molar-refractivity contribution in [3.8, 4) is 0 Å². The molecule has 0 aromatic carbocycles. The topological polar surface area (TPSA) is 102 Å². The Morgan fingerprint density at radius 2 is 2.25 bits per heavy atom. The maximum absolute atomic E-state index is 10.7. The van der Waals surface area contributed by atoms with E-state index in [-0.39, 0.29) is 11.4 Å².